The minimum atomic E-state index is -0.190. The predicted octanol–water partition coefficient (Wildman–Crippen LogP) is 3.83. The summed E-state index contributed by atoms with van der Waals surface area (Å²) in [6.07, 6.45) is 16.3. The van der Waals surface area contributed by atoms with Crippen LogP contribution in [0, 0.1) is 0 Å². The lowest BCUT2D eigenvalue weighted by Gasteiger charge is -2.17. The fourth-order valence-electron chi connectivity index (χ4n) is 3.34. The molecule has 3 heteroatoms. The van der Waals surface area contributed by atoms with Gasteiger partial charge in [0.1, 0.15) is 6.54 Å². The number of nitrogens with zero attached hydrogens (tertiary/aromatic N) is 1. The molecule has 0 aromatic rings. The van der Waals surface area contributed by atoms with Crippen molar-refractivity contribution in [3.63, 3.8) is 0 Å². The average Bonchev–Trinajstić information content (AvgIpc) is 3.10. The van der Waals surface area contributed by atoms with E-state index in [2.05, 4.69) is 6.92 Å². The molecule has 0 aromatic carbocycles. The maximum atomic E-state index is 9.65. The molecule has 0 amide bonds. The molecule has 1 heterocycles. The summed E-state index contributed by atoms with van der Waals surface area (Å²) in [5, 5.41) is 18.7. The first-order chi connectivity index (χ1) is 10.2. The molecule has 1 aliphatic heterocycles. The van der Waals surface area contributed by atoms with Crippen molar-refractivity contribution < 1.29 is 14.7 Å². The largest absolute Gasteiger partial charge is 0.391 e. The van der Waals surface area contributed by atoms with E-state index in [4.69, 9.17) is 5.11 Å². The van der Waals surface area contributed by atoms with Crippen molar-refractivity contribution in [3.05, 3.63) is 0 Å². The standard InChI is InChI=1S/C18H38NO2/c1-2-3-4-5-6-7-8-9-10-11-12-13-14-19(15-16-20)17-18(19)21/h18,20-21H,2-17H2,1H3/q+1. The van der Waals surface area contributed by atoms with Crippen LogP contribution in [0.3, 0.4) is 0 Å². The van der Waals surface area contributed by atoms with Crippen LogP contribution in [-0.2, 0) is 0 Å². The van der Waals surface area contributed by atoms with Gasteiger partial charge in [-0.25, -0.2) is 0 Å². The Morgan fingerprint density at radius 2 is 1.19 bits per heavy atom. The number of rotatable bonds is 15. The molecule has 0 radical (unpaired) electrons. The van der Waals surface area contributed by atoms with E-state index in [1.807, 2.05) is 0 Å². The normalized spacial score (nSPS) is 24.4. The van der Waals surface area contributed by atoms with Crippen LogP contribution < -0.4 is 0 Å². The van der Waals surface area contributed by atoms with Gasteiger partial charge in [-0.3, -0.25) is 4.48 Å². The number of aliphatic hydroxyl groups is 2. The zero-order chi connectivity index (χ0) is 15.4. The lowest BCUT2D eigenvalue weighted by atomic mass is 10.1. The van der Waals surface area contributed by atoms with Crippen molar-refractivity contribution in [2.45, 2.75) is 90.2 Å². The summed E-state index contributed by atoms with van der Waals surface area (Å²) >= 11 is 0. The topological polar surface area (TPSA) is 40.5 Å². The van der Waals surface area contributed by atoms with Crippen molar-refractivity contribution in [2.24, 2.45) is 0 Å². The fourth-order valence-corrected chi connectivity index (χ4v) is 3.34. The van der Waals surface area contributed by atoms with Crippen LogP contribution in [-0.4, -0.2) is 47.2 Å². The van der Waals surface area contributed by atoms with Gasteiger partial charge < -0.3 is 10.2 Å². The molecular weight excluding hydrogens is 262 g/mol. The molecule has 1 rings (SSSR count). The molecule has 0 saturated carbocycles. The minimum Gasteiger partial charge on any atom is -0.391 e. The average molecular weight is 301 g/mol. The van der Waals surface area contributed by atoms with Gasteiger partial charge in [0.25, 0.3) is 0 Å². The third-order valence-corrected chi connectivity index (χ3v) is 5.03. The maximum absolute atomic E-state index is 9.65. The van der Waals surface area contributed by atoms with Gasteiger partial charge in [0, 0.05) is 0 Å². The Labute approximate surface area is 131 Å². The van der Waals surface area contributed by atoms with Crippen molar-refractivity contribution in [2.75, 3.05) is 26.2 Å². The van der Waals surface area contributed by atoms with E-state index in [0.717, 1.165) is 24.1 Å². The first kappa shape index (κ1) is 18.9. The molecule has 2 unspecified atom stereocenters. The second-order valence-electron chi connectivity index (χ2n) is 6.94. The van der Waals surface area contributed by atoms with Crippen LogP contribution in [0.25, 0.3) is 0 Å². The van der Waals surface area contributed by atoms with Crippen LogP contribution in [0.2, 0.25) is 0 Å². The molecule has 2 atom stereocenters. The van der Waals surface area contributed by atoms with Gasteiger partial charge in [-0.1, -0.05) is 71.1 Å². The Kier molecular flexibility index (Phi) is 10.3. The second kappa shape index (κ2) is 11.4. The minimum absolute atomic E-state index is 0.190. The molecule has 126 valence electrons. The summed E-state index contributed by atoms with van der Waals surface area (Å²) in [5.74, 6) is 0. The van der Waals surface area contributed by atoms with E-state index in [0.29, 0.717) is 0 Å². The van der Waals surface area contributed by atoms with Crippen LogP contribution in [0.1, 0.15) is 84.0 Å². The number of unbranched alkanes of at least 4 members (excludes halogenated alkanes) is 11. The zero-order valence-electron chi connectivity index (χ0n) is 14.2. The molecule has 3 nitrogen and oxygen atoms in total. The summed E-state index contributed by atoms with van der Waals surface area (Å²) < 4.78 is 0.758. The molecular formula is C18H38NO2+. The van der Waals surface area contributed by atoms with Crippen LogP contribution in [0.5, 0.6) is 0 Å². The van der Waals surface area contributed by atoms with Crippen molar-refractivity contribution in [3.8, 4) is 0 Å². The Balaban J connectivity index is 1.79. The maximum Gasteiger partial charge on any atom is 0.241 e. The highest BCUT2D eigenvalue weighted by Gasteiger charge is 2.52. The first-order valence-electron chi connectivity index (χ1n) is 9.40. The van der Waals surface area contributed by atoms with Gasteiger partial charge in [0.05, 0.1) is 13.2 Å². The second-order valence-corrected chi connectivity index (χ2v) is 6.94. The van der Waals surface area contributed by atoms with Crippen LogP contribution in [0.4, 0.5) is 0 Å². The molecule has 0 spiro atoms. The van der Waals surface area contributed by atoms with E-state index in [9.17, 15) is 5.11 Å². The number of quaternary nitrogens is 1. The highest BCUT2D eigenvalue weighted by molar-refractivity contribution is 4.63. The summed E-state index contributed by atoms with van der Waals surface area (Å²) in [5.41, 5.74) is 0. The van der Waals surface area contributed by atoms with E-state index in [-0.39, 0.29) is 12.8 Å². The highest BCUT2D eigenvalue weighted by Crippen LogP contribution is 2.29. The van der Waals surface area contributed by atoms with Crippen LogP contribution >= 0.6 is 0 Å². The molecule has 0 aromatic heterocycles. The lowest BCUT2D eigenvalue weighted by Crippen LogP contribution is -2.33. The summed E-state index contributed by atoms with van der Waals surface area (Å²) in [4.78, 5) is 0. The summed E-state index contributed by atoms with van der Waals surface area (Å²) in [6.45, 7) is 5.13. The predicted molar refractivity (Wildman–Crippen MR) is 89.0 cm³/mol. The smallest absolute Gasteiger partial charge is 0.241 e. The molecule has 2 N–H and O–H groups in total. The van der Waals surface area contributed by atoms with E-state index >= 15 is 0 Å². The molecule has 0 aliphatic carbocycles. The highest BCUT2D eigenvalue weighted by atomic mass is 16.3. The fraction of sp³-hybridized carbons (Fsp3) is 1.00. The third-order valence-electron chi connectivity index (χ3n) is 5.03. The number of aliphatic hydroxyl groups excluding tert-OH is 2. The Morgan fingerprint density at radius 1 is 0.762 bits per heavy atom. The van der Waals surface area contributed by atoms with Gasteiger partial charge in [-0.2, -0.15) is 0 Å². The molecule has 0 bridgehead atoms. The van der Waals surface area contributed by atoms with Crippen molar-refractivity contribution in [1.29, 1.82) is 0 Å². The van der Waals surface area contributed by atoms with E-state index < -0.39 is 0 Å². The molecule has 1 fully saturated rings. The number of hydrogen-bond acceptors (Lipinski definition) is 2. The first-order valence-corrected chi connectivity index (χ1v) is 9.40. The Hall–Kier alpha value is -0.120. The summed E-state index contributed by atoms with van der Waals surface area (Å²) in [7, 11) is 0. The van der Waals surface area contributed by atoms with Gasteiger partial charge in [-0.15, -0.1) is 0 Å². The Morgan fingerprint density at radius 3 is 1.57 bits per heavy atom. The van der Waals surface area contributed by atoms with Gasteiger partial charge >= 0.3 is 0 Å². The Bertz CT molecular complexity index is 247. The number of hydrogen-bond donors (Lipinski definition) is 2. The summed E-state index contributed by atoms with van der Waals surface area (Å²) in [6, 6.07) is 0. The van der Waals surface area contributed by atoms with E-state index in [1.54, 1.807) is 0 Å². The molecule has 1 saturated heterocycles. The van der Waals surface area contributed by atoms with Gasteiger partial charge in [0.15, 0.2) is 6.54 Å². The third kappa shape index (κ3) is 8.18. The molecule has 1 aliphatic rings. The van der Waals surface area contributed by atoms with Crippen molar-refractivity contribution >= 4 is 0 Å². The van der Waals surface area contributed by atoms with E-state index in [1.165, 1.54) is 77.0 Å². The quantitative estimate of drug-likeness (QED) is 0.274. The zero-order valence-corrected chi connectivity index (χ0v) is 14.2. The van der Waals surface area contributed by atoms with Crippen molar-refractivity contribution in [1.82, 2.24) is 0 Å². The SMILES string of the molecule is CCCCCCCCCCCCCC[N+]1(CCO)CC1O. The lowest BCUT2D eigenvalue weighted by molar-refractivity contribution is -0.828. The monoisotopic (exact) mass is 300 g/mol. The van der Waals surface area contributed by atoms with Gasteiger partial charge in [0.2, 0.25) is 6.23 Å². The molecule has 21 heavy (non-hydrogen) atoms. The van der Waals surface area contributed by atoms with Crippen LogP contribution in [0.15, 0.2) is 0 Å². The van der Waals surface area contributed by atoms with Gasteiger partial charge in [-0.05, 0) is 12.8 Å².